The van der Waals surface area contributed by atoms with Crippen LogP contribution in [0.5, 0.6) is 5.75 Å². The van der Waals surface area contributed by atoms with Crippen molar-refractivity contribution in [2.75, 3.05) is 12.3 Å². The molecule has 5 N–H and O–H groups in total. The van der Waals surface area contributed by atoms with Crippen LogP contribution in [0.1, 0.15) is 32.7 Å². The molecule has 0 aliphatic carbocycles. The average Bonchev–Trinajstić information content (AvgIpc) is 3.07. The molecule has 3 rings (SSSR count). The monoisotopic (exact) mass is 384 g/mol. The Hall–Kier alpha value is -3.00. The van der Waals surface area contributed by atoms with Crippen molar-refractivity contribution in [1.82, 2.24) is 20.0 Å². The Labute approximate surface area is 163 Å². The molecule has 0 spiro atoms. The first-order valence-corrected chi connectivity index (χ1v) is 9.32. The molecule has 0 bridgehead atoms. The van der Waals surface area contributed by atoms with Crippen LogP contribution in [0.3, 0.4) is 0 Å². The van der Waals surface area contributed by atoms with Gasteiger partial charge in [0.1, 0.15) is 5.75 Å². The van der Waals surface area contributed by atoms with Crippen LogP contribution in [-0.2, 0) is 0 Å². The molecule has 0 fully saturated rings. The minimum atomic E-state index is -0.481. The molecule has 28 heavy (non-hydrogen) atoms. The molecule has 7 nitrogen and oxygen atoms in total. The van der Waals surface area contributed by atoms with Gasteiger partial charge in [-0.3, -0.25) is 0 Å². The second-order valence-electron chi connectivity index (χ2n) is 6.83. The molecule has 3 aromatic rings. The van der Waals surface area contributed by atoms with Crippen molar-refractivity contribution in [3.63, 3.8) is 0 Å². The number of phenols is 1. The van der Waals surface area contributed by atoms with E-state index in [2.05, 4.69) is 22.2 Å². The summed E-state index contributed by atoms with van der Waals surface area (Å²) in [6.07, 6.45) is 3.12. The van der Waals surface area contributed by atoms with Gasteiger partial charge in [0.05, 0.1) is 23.5 Å². The number of aromatic nitrogens is 4. The zero-order valence-corrected chi connectivity index (χ0v) is 16.0. The molecule has 0 aliphatic rings. The molecule has 2 aromatic heterocycles. The first-order chi connectivity index (χ1) is 13.5. The van der Waals surface area contributed by atoms with Crippen LogP contribution in [0.2, 0.25) is 0 Å². The van der Waals surface area contributed by atoms with Gasteiger partial charge in [-0.1, -0.05) is 25.5 Å². The quantitative estimate of drug-likeness (QED) is 0.575. The molecule has 8 heteroatoms. The molecule has 0 saturated heterocycles. The summed E-state index contributed by atoms with van der Waals surface area (Å²) < 4.78 is 16.6. The number of rotatable bonds is 7. The smallest absolute Gasteiger partial charge is 0.219 e. The fraction of sp³-hybridized carbons (Fsp3) is 0.350. The predicted molar refractivity (Wildman–Crippen MR) is 107 cm³/mol. The van der Waals surface area contributed by atoms with Crippen molar-refractivity contribution in [3.8, 4) is 28.1 Å². The zero-order chi connectivity index (χ0) is 20.3. The lowest BCUT2D eigenvalue weighted by molar-refractivity contribution is 0.275. The number of hydrogen-bond acceptors (Lipinski definition) is 6. The highest BCUT2D eigenvalue weighted by atomic mass is 19.1. The summed E-state index contributed by atoms with van der Waals surface area (Å²) in [4.78, 5) is 0. The van der Waals surface area contributed by atoms with E-state index in [-0.39, 0.29) is 29.1 Å². The van der Waals surface area contributed by atoms with Gasteiger partial charge in [0.2, 0.25) is 5.95 Å². The third kappa shape index (κ3) is 3.68. The van der Waals surface area contributed by atoms with Crippen molar-refractivity contribution >= 4 is 5.82 Å². The Morgan fingerprint density at radius 3 is 2.61 bits per heavy atom. The Morgan fingerprint density at radius 2 is 1.93 bits per heavy atom. The summed E-state index contributed by atoms with van der Waals surface area (Å²) in [5.41, 5.74) is 13.2. The number of nitrogens with two attached hydrogens (primary N) is 2. The molecular formula is C20H25FN6O. The minimum absolute atomic E-state index is 0.0601. The van der Waals surface area contributed by atoms with E-state index in [0.29, 0.717) is 23.4 Å². The van der Waals surface area contributed by atoms with Crippen molar-refractivity contribution in [2.45, 2.75) is 32.7 Å². The molecule has 2 heterocycles. The average molecular weight is 384 g/mol. The van der Waals surface area contributed by atoms with Crippen LogP contribution in [0.25, 0.3) is 22.4 Å². The van der Waals surface area contributed by atoms with Gasteiger partial charge in [-0.2, -0.15) is 9.49 Å². The number of para-hydroxylation sites is 1. The van der Waals surface area contributed by atoms with Crippen LogP contribution in [0.4, 0.5) is 10.2 Å². The number of anilines is 1. The molecule has 0 aliphatic heterocycles. The molecule has 2 atom stereocenters. The lowest BCUT2D eigenvalue weighted by atomic mass is 9.95. The number of benzene rings is 1. The van der Waals surface area contributed by atoms with Crippen LogP contribution in [-0.4, -0.2) is 31.6 Å². The summed E-state index contributed by atoms with van der Waals surface area (Å²) in [6, 6.07) is 8.21. The van der Waals surface area contributed by atoms with Crippen molar-refractivity contribution in [1.29, 1.82) is 0 Å². The van der Waals surface area contributed by atoms with Crippen LogP contribution in [0.15, 0.2) is 36.5 Å². The van der Waals surface area contributed by atoms with E-state index in [1.807, 2.05) is 6.92 Å². The Bertz CT molecular complexity index is 958. The molecule has 148 valence electrons. The van der Waals surface area contributed by atoms with E-state index in [4.69, 9.17) is 11.5 Å². The molecule has 1 aromatic carbocycles. The molecule has 0 radical (unpaired) electrons. The van der Waals surface area contributed by atoms with E-state index in [1.165, 1.54) is 10.9 Å². The number of nitrogens with zero attached hydrogens (tertiary/aromatic N) is 4. The van der Waals surface area contributed by atoms with Crippen molar-refractivity contribution in [2.24, 2.45) is 11.7 Å². The van der Waals surface area contributed by atoms with Crippen molar-refractivity contribution < 1.29 is 9.50 Å². The second-order valence-corrected chi connectivity index (χ2v) is 6.83. The number of nitrogen functional groups attached to an aromatic ring is 1. The van der Waals surface area contributed by atoms with E-state index in [1.54, 1.807) is 30.3 Å². The first kappa shape index (κ1) is 19.8. The topological polar surface area (TPSA) is 116 Å². The van der Waals surface area contributed by atoms with Gasteiger partial charge in [0, 0.05) is 11.1 Å². The third-order valence-corrected chi connectivity index (χ3v) is 5.16. The Morgan fingerprint density at radius 1 is 1.18 bits per heavy atom. The van der Waals surface area contributed by atoms with Gasteiger partial charge in [-0.05, 0) is 44.0 Å². The van der Waals surface area contributed by atoms with Gasteiger partial charge in [0.15, 0.2) is 5.82 Å². The Kier molecular flexibility index (Phi) is 5.89. The van der Waals surface area contributed by atoms with Crippen LogP contribution < -0.4 is 11.5 Å². The largest absolute Gasteiger partial charge is 0.507 e. The van der Waals surface area contributed by atoms with Gasteiger partial charge in [-0.15, -0.1) is 10.2 Å². The SMILES string of the molecule is CCC(CCN)C(C)n1ncc(-c2cc(-c3ccccc3O)nnc2N)c1F. The molecule has 0 amide bonds. The maximum Gasteiger partial charge on any atom is 0.219 e. The fourth-order valence-corrected chi connectivity index (χ4v) is 3.45. The lowest BCUT2D eigenvalue weighted by Crippen LogP contribution is -2.21. The highest BCUT2D eigenvalue weighted by Gasteiger charge is 2.24. The molecular weight excluding hydrogens is 359 g/mol. The summed E-state index contributed by atoms with van der Waals surface area (Å²) in [5, 5.41) is 22.3. The normalized spacial score (nSPS) is 13.4. The van der Waals surface area contributed by atoms with E-state index in [9.17, 15) is 5.11 Å². The van der Waals surface area contributed by atoms with Crippen molar-refractivity contribution in [3.05, 3.63) is 42.5 Å². The predicted octanol–water partition coefficient (Wildman–Crippen LogP) is 3.37. The molecule has 2 unspecified atom stereocenters. The molecule has 0 saturated carbocycles. The second kappa shape index (κ2) is 8.35. The van der Waals surface area contributed by atoms with Crippen LogP contribution in [0, 0.1) is 11.9 Å². The standard InChI is InChI=1S/C20H25FN6O/c1-3-13(8-9-22)12(2)27-19(21)16(11-24-27)15-10-17(25-26-20(15)23)14-6-4-5-7-18(14)28/h4-7,10-13,28H,3,8-9,22H2,1-2H3,(H2,23,26). The number of aromatic hydroxyl groups is 1. The highest BCUT2D eigenvalue weighted by molar-refractivity contribution is 5.78. The van der Waals surface area contributed by atoms with E-state index in [0.717, 1.165) is 12.8 Å². The van der Waals surface area contributed by atoms with Gasteiger partial charge in [-0.25, -0.2) is 4.68 Å². The summed E-state index contributed by atoms with van der Waals surface area (Å²) >= 11 is 0. The lowest BCUT2D eigenvalue weighted by Gasteiger charge is -2.22. The summed E-state index contributed by atoms with van der Waals surface area (Å²) in [6.45, 7) is 4.54. The number of hydrogen-bond donors (Lipinski definition) is 3. The number of halogens is 1. The maximum absolute atomic E-state index is 15.2. The fourth-order valence-electron chi connectivity index (χ4n) is 3.45. The first-order valence-electron chi connectivity index (χ1n) is 9.32. The van der Waals surface area contributed by atoms with E-state index < -0.39 is 5.95 Å². The maximum atomic E-state index is 15.2. The zero-order valence-electron chi connectivity index (χ0n) is 16.0. The Balaban J connectivity index is 2.02. The van der Waals surface area contributed by atoms with Crippen LogP contribution >= 0.6 is 0 Å². The third-order valence-electron chi connectivity index (χ3n) is 5.16. The summed E-state index contributed by atoms with van der Waals surface area (Å²) in [5.74, 6) is -0.105. The van der Waals surface area contributed by atoms with Gasteiger partial charge in [0.25, 0.3) is 0 Å². The van der Waals surface area contributed by atoms with Gasteiger partial charge < -0.3 is 16.6 Å². The number of phenolic OH excluding ortho intramolecular Hbond substituents is 1. The summed E-state index contributed by atoms with van der Waals surface area (Å²) in [7, 11) is 0. The minimum Gasteiger partial charge on any atom is -0.507 e. The van der Waals surface area contributed by atoms with E-state index >= 15 is 4.39 Å². The van der Waals surface area contributed by atoms with Gasteiger partial charge >= 0.3 is 0 Å². The highest BCUT2D eigenvalue weighted by Crippen LogP contribution is 2.34.